The van der Waals surface area contributed by atoms with Crippen molar-refractivity contribution in [3.05, 3.63) is 82.4 Å². The molecule has 124 valence electrons. The van der Waals surface area contributed by atoms with Crippen molar-refractivity contribution in [2.75, 3.05) is 0 Å². The van der Waals surface area contributed by atoms with E-state index in [1.165, 1.54) is 0 Å². The molecule has 3 rings (SSSR count). The predicted octanol–water partition coefficient (Wildman–Crippen LogP) is 3.43. The Hall–Kier alpha value is -3.39. The molecule has 1 aromatic heterocycles. The van der Waals surface area contributed by atoms with Crippen LogP contribution in [0.15, 0.2) is 65.8 Å². The topological polar surface area (TPSA) is 86.0 Å². The van der Waals surface area contributed by atoms with Gasteiger partial charge in [-0.1, -0.05) is 24.3 Å². The lowest BCUT2D eigenvalue weighted by Crippen LogP contribution is -2.27. The Balaban J connectivity index is 2.31. The zero-order valence-electron chi connectivity index (χ0n) is 13.9. The fraction of sp³-hybridized carbons (Fsp3) is 0.150. The summed E-state index contributed by atoms with van der Waals surface area (Å²) in [5.41, 5.74) is 4.47. The Morgan fingerprint density at radius 1 is 1.20 bits per heavy atom. The molecule has 0 amide bonds. The minimum Gasteiger partial charge on any atom is -0.478 e. The molecule has 2 heterocycles. The molecule has 5 nitrogen and oxygen atoms in total. The van der Waals surface area contributed by atoms with Gasteiger partial charge in [-0.05, 0) is 42.7 Å². The highest BCUT2D eigenvalue weighted by Crippen LogP contribution is 2.43. The summed E-state index contributed by atoms with van der Waals surface area (Å²) in [6.45, 7) is 3.65. The van der Waals surface area contributed by atoms with E-state index in [0.717, 1.165) is 16.8 Å². The SMILES string of the molecule is CC1=C(C(=O)O)C(c2ccccc2C#N)C(c2cccnc2)=C(C)N1. The standard InChI is InChI=1S/C20H17N3O2/c1-12-17(15-7-5-9-22-11-15)19(18(20(24)25)13(2)23-12)16-8-4-3-6-14(16)10-21/h3-9,11,19,23H,1-2H3,(H,24,25). The van der Waals surface area contributed by atoms with Crippen LogP contribution in [0.2, 0.25) is 0 Å². The quantitative estimate of drug-likeness (QED) is 0.900. The molecular formula is C20H17N3O2. The Labute approximate surface area is 146 Å². The fourth-order valence-corrected chi connectivity index (χ4v) is 3.34. The third-order valence-electron chi connectivity index (χ3n) is 4.36. The summed E-state index contributed by atoms with van der Waals surface area (Å²) in [7, 11) is 0. The third-order valence-corrected chi connectivity index (χ3v) is 4.36. The van der Waals surface area contributed by atoms with E-state index >= 15 is 0 Å². The van der Waals surface area contributed by atoms with Crippen molar-refractivity contribution in [3.63, 3.8) is 0 Å². The highest BCUT2D eigenvalue weighted by molar-refractivity contribution is 5.96. The number of aromatic nitrogens is 1. The van der Waals surface area contributed by atoms with E-state index in [1.54, 1.807) is 31.5 Å². The van der Waals surface area contributed by atoms with Crippen LogP contribution in [0.1, 0.15) is 36.5 Å². The van der Waals surface area contributed by atoms with Crippen molar-refractivity contribution in [2.24, 2.45) is 0 Å². The first kappa shape index (κ1) is 16.5. The molecule has 1 aliphatic heterocycles. The molecule has 0 fully saturated rings. The number of rotatable bonds is 3. The van der Waals surface area contributed by atoms with Crippen molar-refractivity contribution >= 4 is 11.5 Å². The van der Waals surface area contributed by atoms with E-state index in [4.69, 9.17) is 0 Å². The zero-order valence-corrected chi connectivity index (χ0v) is 13.9. The number of carboxylic acids is 1. The number of allylic oxidation sites excluding steroid dienone is 3. The largest absolute Gasteiger partial charge is 0.478 e. The summed E-state index contributed by atoms with van der Waals surface area (Å²) in [4.78, 5) is 16.2. The number of carbonyl (C=O) groups is 1. The lowest BCUT2D eigenvalue weighted by Gasteiger charge is -2.31. The Morgan fingerprint density at radius 3 is 2.60 bits per heavy atom. The molecular weight excluding hydrogens is 314 g/mol. The van der Waals surface area contributed by atoms with Crippen LogP contribution in [-0.4, -0.2) is 16.1 Å². The molecule has 0 saturated carbocycles. The smallest absolute Gasteiger partial charge is 0.334 e. The van der Waals surface area contributed by atoms with Gasteiger partial charge in [0.05, 0.1) is 17.2 Å². The lowest BCUT2D eigenvalue weighted by atomic mass is 9.76. The molecule has 1 aromatic carbocycles. The molecule has 5 heteroatoms. The van der Waals surface area contributed by atoms with Gasteiger partial charge in [0.2, 0.25) is 0 Å². The van der Waals surface area contributed by atoms with E-state index < -0.39 is 11.9 Å². The Morgan fingerprint density at radius 2 is 1.96 bits per heavy atom. The molecule has 0 spiro atoms. The number of dihydropyridines is 1. The Kier molecular flexibility index (Phi) is 4.36. The monoisotopic (exact) mass is 331 g/mol. The predicted molar refractivity (Wildman–Crippen MR) is 94.2 cm³/mol. The number of hydrogen-bond donors (Lipinski definition) is 2. The van der Waals surface area contributed by atoms with Gasteiger partial charge in [-0.15, -0.1) is 0 Å². The number of benzene rings is 1. The van der Waals surface area contributed by atoms with E-state index in [9.17, 15) is 15.2 Å². The van der Waals surface area contributed by atoms with Crippen LogP contribution in [-0.2, 0) is 4.79 Å². The van der Waals surface area contributed by atoms with Gasteiger partial charge in [0.15, 0.2) is 0 Å². The van der Waals surface area contributed by atoms with Crippen LogP contribution in [0, 0.1) is 11.3 Å². The van der Waals surface area contributed by atoms with Gasteiger partial charge < -0.3 is 10.4 Å². The molecule has 0 saturated heterocycles. The second kappa shape index (κ2) is 6.62. The lowest BCUT2D eigenvalue weighted by molar-refractivity contribution is -0.132. The zero-order chi connectivity index (χ0) is 18.0. The minimum atomic E-state index is -1.00. The van der Waals surface area contributed by atoms with Crippen LogP contribution in [0.4, 0.5) is 0 Å². The average molecular weight is 331 g/mol. The number of carboxylic acid groups (broad SMARTS) is 1. The maximum absolute atomic E-state index is 12.0. The van der Waals surface area contributed by atoms with Crippen molar-refractivity contribution in [1.29, 1.82) is 5.26 Å². The molecule has 1 unspecified atom stereocenters. The maximum Gasteiger partial charge on any atom is 0.334 e. The third kappa shape index (κ3) is 2.90. The van der Waals surface area contributed by atoms with Crippen LogP contribution in [0.5, 0.6) is 0 Å². The van der Waals surface area contributed by atoms with E-state index in [1.807, 2.05) is 31.2 Å². The van der Waals surface area contributed by atoms with Gasteiger partial charge in [0.25, 0.3) is 0 Å². The van der Waals surface area contributed by atoms with Gasteiger partial charge in [-0.3, -0.25) is 4.98 Å². The highest BCUT2D eigenvalue weighted by Gasteiger charge is 2.34. The second-order valence-corrected chi connectivity index (χ2v) is 5.88. The molecule has 25 heavy (non-hydrogen) atoms. The van der Waals surface area contributed by atoms with Gasteiger partial charge >= 0.3 is 5.97 Å². The van der Waals surface area contributed by atoms with Crippen LogP contribution < -0.4 is 5.32 Å². The number of nitriles is 1. The van der Waals surface area contributed by atoms with E-state index in [0.29, 0.717) is 16.8 Å². The number of pyridine rings is 1. The fourth-order valence-electron chi connectivity index (χ4n) is 3.34. The van der Waals surface area contributed by atoms with Gasteiger partial charge in [-0.2, -0.15) is 5.26 Å². The molecule has 0 radical (unpaired) electrons. The van der Waals surface area contributed by atoms with Gasteiger partial charge in [0.1, 0.15) is 0 Å². The second-order valence-electron chi connectivity index (χ2n) is 5.88. The highest BCUT2D eigenvalue weighted by atomic mass is 16.4. The van der Waals surface area contributed by atoms with Crippen LogP contribution in [0.3, 0.4) is 0 Å². The summed E-state index contributed by atoms with van der Waals surface area (Å²) in [5, 5.41) is 22.5. The molecule has 0 bridgehead atoms. The number of aliphatic carboxylic acids is 1. The van der Waals surface area contributed by atoms with Crippen molar-refractivity contribution in [1.82, 2.24) is 10.3 Å². The first-order valence-corrected chi connectivity index (χ1v) is 7.86. The van der Waals surface area contributed by atoms with Crippen LogP contribution in [0.25, 0.3) is 5.57 Å². The van der Waals surface area contributed by atoms with Crippen molar-refractivity contribution in [3.8, 4) is 6.07 Å². The van der Waals surface area contributed by atoms with Crippen molar-refractivity contribution in [2.45, 2.75) is 19.8 Å². The number of nitrogens with one attached hydrogen (secondary N) is 1. The molecule has 2 N–H and O–H groups in total. The molecule has 1 aliphatic rings. The van der Waals surface area contributed by atoms with Gasteiger partial charge in [-0.25, -0.2) is 4.79 Å². The first-order valence-electron chi connectivity index (χ1n) is 7.86. The van der Waals surface area contributed by atoms with Crippen molar-refractivity contribution < 1.29 is 9.90 Å². The van der Waals surface area contributed by atoms with E-state index in [-0.39, 0.29) is 5.57 Å². The average Bonchev–Trinajstić information content (AvgIpc) is 2.61. The number of hydrogen-bond acceptors (Lipinski definition) is 4. The summed E-state index contributed by atoms with van der Waals surface area (Å²) in [5.74, 6) is -1.55. The van der Waals surface area contributed by atoms with E-state index in [2.05, 4.69) is 16.4 Å². The molecule has 2 aromatic rings. The summed E-state index contributed by atoms with van der Waals surface area (Å²) < 4.78 is 0. The molecule has 0 aliphatic carbocycles. The summed E-state index contributed by atoms with van der Waals surface area (Å²) in [6.07, 6.45) is 3.38. The minimum absolute atomic E-state index is 0.243. The summed E-state index contributed by atoms with van der Waals surface area (Å²) >= 11 is 0. The van der Waals surface area contributed by atoms with Crippen LogP contribution >= 0.6 is 0 Å². The van der Waals surface area contributed by atoms with Gasteiger partial charge in [0, 0.05) is 29.7 Å². The maximum atomic E-state index is 12.0. The normalized spacial score (nSPS) is 17.1. The number of nitrogens with zero attached hydrogens (tertiary/aromatic N) is 2. The Bertz CT molecular complexity index is 937. The summed E-state index contributed by atoms with van der Waals surface area (Å²) in [6, 6.07) is 13.0. The molecule has 1 atom stereocenters. The first-order chi connectivity index (χ1) is 12.0.